The fourth-order valence-corrected chi connectivity index (χ4v) is 5.20. The first-order valence-corrected chi connectivity index (χ1v) is 11.6. The SMILES string of the molecule is Cc1cc(C)c2nc(N(Cc3ccccn3)C(=O)CSc3ccc(Cl)cc3)sc2c1. The van der Waals surface area contributed by atoms with Gasteiger partial charge in [-0.05, 0) is 67.4 Å². The number of carbonyl (C=O) groups is 1. The van der Waals surface area contributed by atoms with Crippen molar-refractivity contribution in [2.45, 2.75) is 25.3 Å². The molecule has 2 aromatic heterocycles. The number of hydrogen-bond donors (Lipinski definition) is 0. The largest absolute Gasteiger partial charge is 0.281 e. The number of thioether (sulfide) groups is 1. The van der Waals surface area contributed by atoms with E-state index in [1.807, 2.05) is 42.5 Å². The quantitative estimate of drug-likeness (QED) is 0.322. The molecule has 4 rings (SSSR count). The van der Waals surface area contributed by atoms with E-state index in [0.29, 0.717) is 22.5 Å². The minimum Gasteiger partial charge on any atom is -0.281 e. The zero-order chi connectivity index (χ0) is 21.1. The van der Waals surface area contributed by atoms with Crippen molar-refractivity contribution in [3.8, 4) is 0 Å². The molecule has 0 spiro atoms. The molecule has 4 nitrogen and oxygen atoms in total. The van der Waals surface area contributed by atoms with Crippen molar-refractivity contribution >= 4 is 56.0 Å². The Bertz CT molecular complexity index is 1180. The van der Waals surface area contributed by atoms with E-state index in [1.54, 1.807) is 22.4 Å². The van der Waals surface area contributed by atoms with Crippen molar-refractivity contribution < 1.29 is 4.79 Å². The predicted molar refractivity (Wildman–Crippen MR) is 127 cm³/mol. The molecular formula is C23H20ClN3OS2. The van der Waals surface area contributed by atoms with Gasteiger partial charge in [0.1, 0.15) is 0 Å². The summed E-state index contributed by atoms with van der Waals surface area (Å²) in [7, 11) is 0. The van der Waals surface area contributed by atoms with Crippen molar-refractivity contribution in [1.29, 1.82) is 0 Å². The van der Waals surface area contributed by atoms with Gasteiger partial charge in [0.15, 0.2) is 5.13 Å². The number of rotatable bonds is 6. The Kier molecular flexibility index (Phi) is 6.37. The van der Waals surface area contributed by atoms with E-state index in [1.165, 1.54) is 17.3 Å². The van der Waals surface area contributed by atoms with Crippen molar-refractivity contribution in [3.63, 3.8) is 0 Å². The molecule has 0 atom stereocenters. The van der Waals surface area contributed by atoms with Gasteiger partial charge < -0.3 is 0 Å². The first-order chi connectivity index (χ1) is 14.5. The summed E-state index contributed by atoms with van der Waals surface area (Å²) < 4.78 is 1.09. The third-order valence-corrected chi connectivity index (χ3v) is 6.85. The zero-order valence-electron chi connectivity index (χ0n) is 16.6. The number of anilines is 1. The maximum Gasteiger partial charge on any atom is 0.239 e. The van der Waals surface area contributed by atoms with E-state index >= 15 is 0 Å². The van der Waals surface area contributed by atoms with Gasteiger partial charge in [-0.2, -0.15) is 0 Å². The van der Waals surface area contributed by atoms with Gasteiger partial charge in [-0.15, -0.1) is 11.8 Å². The summed E-state index contributed by atoms with van der Waals surface area (Å²) in [6, 6.07) is 17.5. The molecule has 0 N–H and O–H groups in total. The Morgan fingerprint density at radius 3 is 2.67 bits per heavy atom. The Balaban J connectivity index is 1.63. The first-order valence-electron chi connectivity index (χ1n) is 9.46. The third kappa shape index (κ3) is 4.83. The van der Waals surface area contributed by atoms with Crippen LogP contribution in [-0.2, 0) is 11.3 Å². The Hall–Kier alpha value is -2.41. The zero-order valence-corrected chi connectivity index (χ0v) is 19.0. The van der Waals surface area contributed by atoms with Crippen LogP contribution in [0.3, 0.4) is 0 Å². The number of pyridine rings is 1. The molecule has 0 aliphatic rings. The molecule has 152 valence electrons. The van der Waals surface area contributed by atoms with E-state index < -0.39 is 0 Å². The van der Waals surface area contributed by atoms with Crippen LogP contribution in [0, 0.1) is 13.8 Å². The number of amides is 1. The van der Waals surface area contributed by atoms with Crippen LogP contribution >= 0.6 is 34.7 Å². The molecule has 0 radical (unpaired) electrons. The van der Waals surface area contributed by atoms with E-state index in [4.69, 9.17) is 16.6 Å². The molecule has 0 aliphatic carbocycles. The Labute approximate surface area is 188 Å². The molecule has 2 aromatic carbocycles. The van der Waals surface area contributed by atoms with E-state index in [-0.39, 0.29) is 5.91 Å². The second-order valence-corrected chi connectivity index (χ2v) is 9.46. The number of benzene rings is 2. The lowest BCUT2D eigenvalue weighted by Gasteiger charge is -2.19. The monoisotopic (exact) mass is 453 g/mol. The second kappa shape index (κ2) is 9.16. The average Bonchev–Trinajstić information content (AvgIpc) is 3.16. The number of halogens is 1. The second-order valence-electron chi connectivity index (χ2n) is 6.97. The predicted octanol–water partition coefficient (Wildman–Crippen LogP) is 6.29. The maximum absolute atomic E-state index is 13.2. The number of aryl methyl sites for hydroxylation is 2. The smallest absolute Gasteiger partial charge is 0.239 e. The lowest BCUT2D eigenvalue weighted by Crippen LogP contribution is -2.32. The van der Waals surface area contributed by atoms with Crippen LogP contribution in [0.2, 0.25) is 5.02 Å². The highest BCUT2D eigenvalue weighted by molar-refractivity contribution is 8.00. The van der Waals surface area contributed by atoms with Crippen LogP contribution in [0.4, 0.5) is 5.13 Å². The van der Waals surface area contributed by atoms with Crippen LogP contribution in [0.5, 0.6) is 0 Å². The molecule has 30 heavy (non-hydrogen) atoms. The highest BCUT2D eigenvalue weighted by Gasteiger charge is 2.21. The standard InChI is InChI=1S/C23H20ClN3OS2/c1-15-11-16(2)22-20(12-15)30-23(26-22)27(13-18-5-3-4-10-25-18)21(28)14-29-19-8-6-17(24)7-9-19/h3-12H,13-14H2,1-2H3. The molecule has 0 bridgehead atoms. The molecule has 0 saturated carbocycles. The number of hydrogen-bond acceptors (Lipinski definition) is 5. The normalized spacial score (nSPS) is 11.0. The van der Waals surface area contributed by atoms with Crippen molar-refractivity contribution in [3.05, 3.63) is 82.6 Å². The van der Waals surface area contributed by atoms with Crippen molar-refractivity contribution in [1.82, 2.24) is 9.97 Å². The lowest BCUT2D eigenvalue weighted by atomic mass is 10.1. The molecule has 0 fully saturated rings. The number of carbonyl (C=O) groups excluding carboxylic acids is 1. The highest BCUT2D eigenvalue weighted by atomic mass is 35.5. The number of fused-ring (bicyclic) bond motifs is 1. The fraction of sp³-hybridized carbons (Fsp3) is 0.174. The number of thiazole rings is 1. The van der Waals surface area contributed by atoms with Gasteiger partial charge in [0.2, 0.25) is 5.91 Å². The summed E-state index contributed by atoms with van der Waals surface area (Å²) in [4.78, 5) is 25.2. The Morgan fingerprint density at radius 2 is 1.93 bits per heavy atom. The van der Waals surface area contributed by atoms with Gasteiger partial charge in [0.05, 0.1) is 28.2 Å². The molecule has 1 amide bonds. The molecular weight excluding hydrogens is 434 g/mol. The molecule has 4 aromatic rings. The van der Waals surface area contributed by atoms with Gasteiger partial charge in [-0.1, -0.05) is 35.1 Å². The van der Waals surface area contributed by atoms with Crippen molar-refractivity contribution in [2.75, 3.05) is 10.7 Å². The van der Waals surface area contributed by atoms with E-state index in [2.05, 4.69) is 31.0 Å². The van der Waals surface area contributed by atoms with Crippen LogP contribution < -0.4 is 4.90 Å². The average molecular weight is 454 g/mol. The molecule has 2 heterocycles. The molecule has 0 saturated heterocycles. The summed E-state index contributed by atoms with van der Waals surface area (Å²) in [5.74, 6) is 0.302. The summed E-state index contributed by atoms with van der Waals surface area (Å²) in [5.41, 5.74) is 4.09. The summed E-state index contributed by atoms with van der Waals surface area (Å²) in [6.07, 6.45) is 1.74. The third-order valence-electron chi connectivity index (χ3n) is 4.57. The minimum absolute atomic E-state index is 0.00552. The molecule has 0 unspecified atom stereocenters. The van der Waals surface area contributed by atoms with Gasteiger partial charge in [0, 0.05) is 16.1 Å². The lowest BCUT2D eigenvalue weighted by molar-refractivity contribution is -0.116. The van der Waals surface area contributed by atoms with Gasteiger partial charge in [0.25, 0.3) is 0 Å². The van der Waals surface area contributed by atoms with Gasteiger partial charge in [-0.3, -0.25) is 14.7 Å². The van der Waals surface area contributed by atoms with Crippen LogP contribution in [0.1, 0.15) is 16.8 Å². The van der Waals surface area contributed by atoms with E-state index in [0.717, 1.165) is 26.4 Å². The van der Waals surface area contributed by atoms with Crippen molar-refractivity contribution in [2.24, 2.45) is 0 Å². The molecule has 0 aliphatic heterocycles. The number of nitrogens with zero attached hydrogens (tertiary/aromatic N) is 3. The minimum atomic E-state index is -0.00552. The van der Waals surface area contributed by atoms with Gasteiger partial charge >= 0.3 is 0 Å². The van der Waals surface area contributed by atoms with Crippen LogP contribution in [0.25, 0.3) is 10.2 Å². The highest BCUT2D eigenvalue weighted by Crippen LogP contribution is 2.33. The van der Waals surface area contributed by atoms with Crippen LogP contribution in [-0.4, -0.2) is 21.6 Å². The first kappa shape index (κ1) is 20.8. The summed E-state index contributed by atoms with van der Waals surface area (Å²) in [6.45, 7) is 4.52. The maximum atomic E-state index is 13.2. The van der Waals surface area contributed by atoms with Gasteiger partial charge in [-0.25, -0.2) is 4.98 Å². The van der Waals surface area contributed by atoms with Crippen LogP contribution in [0.15, 0.2) is 65.7 Å². The number of aromatic nitrogens is 2. The topological polar surface area (TPSA) is 46.1 Å². The Morgan fingerprint density at radius 1 is 1.13 bits per heavy atom. The van der Waals surface area contributed by atoms with E-state index in [9.17, 15) is 4.79 Å². The summed E-state index contributed by atoms with van der Waals surface area (Å²) >= 11 is 8.99. The summed E-state index contributed by atoms with van der Waals surface area (Å²) in [5, 5.41) is 1.38. The fourth-order valence-electron chi connectivity index (χ4n) is 3.14. The molecule has 7 heteroatoms.